The lowest BCUT2D eigenvalue weighted by Gasteiger charge is -2.17. The molecule has 0 aliphatic carbocycles. The van der Waals surface area contributed by atoms with E-state index in [-0.39, 0.29) is 5.56 Å². The summed E-state index contributed by atoms with van der Waals surface area (Å²) in [5, 5.41) is 8.42. The van der Waals surface area contributed by atoms with Gasteiger partial charge in [-0.05, 0) is 0 Å². The van der Waals surface area contributed by atoms with Crippen LogP contribution in [0.2, 0.25) is 0 Å². The van der Waals surface area contributed by atoms with Crippen molar-refractivity contribution in [2.45, 2.75) is 19.0 Å². The number of rotatable bonds is 5. The molecule has 0 heterocycles. The third-order valence-corrected chi connectivity index (χ3v) is 2.41. The van der Waals surface area contributed by atoms with Crippen molar-refractivity contribution >= 4 is 11.8 Å². The molecule has 1 rings (SSSR count). The van der Waals surface area contributed by atoms with E-state index in [2.05, 4.69) is 0 Å². The number of alkyl halides is 3. The van der Waals surface area contributed by atoms with Gasteiger partial charge in [0.15, 0.2) is 5.78 Å². The second kappa shape index (κ2) is 5.66. The molecule has 1 atom stereocenters. The number of hydrogen-bond donors (Lipinski definition) is 1. The number of carboxylic acid groups (broad SMARTS) is 1. The molecule has 0 bridgehead atoms. The maximum Gasteiger partial charge on any atom is 0.392 e. The van der Waals surface area contributed by atoms with Gasteiger partial charge in [0, 0.05) is 12.0 Å². The maximum absolute atomic E-state index is 12.5. The van der Waals surface area contributed by atoms with Crippen molar-refractivity contribution in [2.24, 2.45) is 5.92 Å². The van der Waals surface area contributed by atoms with Gasteiger partial charge < -0.3 is 5.11 Å². The third kappa shape index (κ3) is 4.20. The second-order valence-electron chi connectivity index (χ2n) is 3.83. The average Bonchev–Trinajstić information content (AvgIpc) is 2.27. The standard InChI is InChI=1S/C12H11F3O3/c13-12(14,15)9(7-11(17)18)6-10(16)8-4-2-1-3-5-8/h1-5,9H,6-7H2,(H,17,18). The zero-order valence-electron chi connectivity index (χ0n) is 9.28. The highest BCUT2D eigenvalue weighted by Gasteiger charge is 2.42. The van der Waals surface area contributed by atoms with Crippen LogP contribution in [0, 0.1) is 5.92 Å². The van der Waals surface area contributed by atoms with Gasteiger partial charge in [-0.25, -0.2) is 0 Å². The van der Waals surface area contributed by atoms with Gasteiger partial charge in [0.1, 0.15) is 0 Å². The molecule has 0 aromatic heterocycles. The molecule has 0 radical (unpaired) electrons. The summed E-state index contributed by atoms with van der Waals surface area (Å²) in [7, 11) is 0. The molecule has 3 nitrogen and oxygen atoms in total. The van der Waals surface area contributed by atoms with Crippen molar-refractivity contribution in [1.29, 1.82) is 0 Å². The lowest BCUT2D eigenvalue weighted by molar-refractivity contribution is -0.182. The zero-order chi connectivity index (χ0) is 13.8. The van der Waals surface area contributed by atoms with E-state index in [0.29, 0.717) is 0 Å². The monoisotopic (exact) mass is 260 g/mol. The minimum Gasteiger partial charge on any atom is -0.481 e. The van der Waals surface area contributed by atoms with Crippen molar-refractivity contribution in [3.63, 3.8) is 0 Å². The van der Waals surface area contributed by atoms with E-state index in [1.54, 1.807) is 6.07 Å². The Labute approximate surface area is 101 Å². The summed E-state index contributed by atoms with van der Waals surface area (Å²) in [6.07, 6.45) is -6.63. The Kier molecular flexibility index (Phi) is 4.47. The first-order chi connectivity index (χ1) is 8.30. The molecule has 0 saturated heterocycles. The van der Waals surface area contributed by atoms with E-state index >= 15 is 0 Å². The fourth-order valence-corrected chi connectivity index (χ4v) is 1.48. The molecule has 98 valence electrons. The molecule has 1 aromatic carbocycles. The molecule has 0 spiro atoms. The number of aliphatic carboxylic acids is 1. The molecular weight excluding hydrogens is 249 g/mol. The smallest absolute Gasteiger partial charge is 0.392 e. The van der Waals surface area contributed by atoms with Crippen LogP contribution in [0.5, 0.6) is 0 Å². The van der Waals surface area contributed by atoms with Gasteiger partial charge in [-0.3, -0.25) is 9.59 Å². The molecule has 0 amide bonds. The molecule has 1 unspecified atom stereocenters. The number of halogens is 3. The summed E-state index contributed by atoms with van der Waals surface area (Å²) in [5.74, 6) is -4.43. The molecule has 0 aliphatic heterocycles. The molecule has 1 aromatic rings. The van der Waals surface area contributed by atoms with E-state index in [1.165, 1.54) is 24.3 Å². The Balaban J connectivity index is 2.78. The van der Waals surface area contributed by atoms with E-state index in [4.69, 9.17) is 5.11 Å². The van der Waals surface area contributed by atoms with Gasteiger partial charge in [-0.15, -0.1) is 0 Å². The lowest BCUT2D eigenvalue weighted by Crippen LogP contribution is -2.28. The van der Waals surface area contributed by atoms with Crippen LogP contribution < -0.4 is 0 Å². The topological polar surface area (TPSA) is 54.4 Å². The second-order valence-corrected chi connectivity index (χ2v) is 3.83. The Hall–Kier alpha value is -1.85. The SMILES string of the molecule is O=C(O)CC(CC(=O)c1ccccc1)C(F)(F)F. The van der Waals surface area contributed by atoms with E-state index in [0.717, 1.165) is 0 Å². The van der Waals surface area contributed by atoms with Crippen LogP contribution in [0.25, 0.3) is 0 Å². The average molecular weight is 260 g/mol. The number of hydrogen-bond acceptors (Lipinski definition) is 2. The van der Waals surface area contributed by atoms with Crippen molar-refractivity contribution in [2.75, 3.05) is 0 Å². The predicted octanol–water partition coefficient (Wildman–Crippen LogP) is 2.91. The van der Waals surface area contributed by atoms with Crippen LogP contribution in [0.3, 0.4) is 0 Å². The summed E-state index contributed by atoms with van der Waals surface area (Å²) in [6.45, 7) is 0. The van der Waals surface area contributed by atoms with Crippen LogP contribution in [-0.4, -0.2) is 23.0 Å². The van der Waals surface area contributed by atoms with E-state index < -0.39 is 36.7 Å². The Bertz CT molecular complexity index is 426. The van der Waals surface area contributed by atoms with Crippen molar-refractivity contribution < 1.29 is 27.9 Å². The Morgan fingerprint density at radius 1 is 1.11 bits per heavy atom. The number of carbonyl (C=O) groups is 2. The highest BCUT2D eigenvalue weighted by Crippen LogP contribution is 2.32. The molecule has 1 N–H and O–H groups in total. The highest BCUT2D eigenvalue weighted by atomic mass is 19.4. The predicted molar refractivity (Wildman–Crippen MR) is 57.2 cm³/mol. The summed E-state index contributed by atoms with van der Waals surface area (Å²) in [6, 6.07) is 7.50. The fourth-order valence-electron chi connectivity index (χ4n) is 1.48. The van der Waals surface area contributed by atoms with Gasteiger partial charge in [0.05, 0.1) is 12.3 Å². The zero-order valence-corrected chi connectivity index (χ0v) is 9.28. The quantitative estimate of drug-likeness (QED) is 0.828. The van der Waals surface area contributed by atoms with Gasteiger partial charge in [-0.1, -0.05) is 30.3 Å². The lowest BCUT2D eigenvalue weighted by atomic mass is 9.95. The summed E-state index contributed by atoms with van der Waals surface area (Å²) >= 11 is 0. The fraction of sp³-hybridized carbons (Fsp3) is 0.333. The number of carbonyl (C=O) groups excluding carboxylic acids is 1. The minimum absolute atomic E-state index is 0.150. The van der Waals surface area contributed by atoms with Gasteiger partial charge in [0.25, 0.3) is 0 Å². The Morgan fingerprint density at radius 3 is 2.11 bits per heavy atom. The first-order valence-electron chi connectivity index (χ1n) is 5.17. The molecule has 18 heavy (non-hydrogen) atoms. The molecule has 0 saturated carbocycles. The van der Waals surface area contributed by atoms with Crippen LogP contribution in [-0.2, 0) is 4.79 Å². The van der Waals surface area contributed by atoms with Gasteiger partial charge in [0.2, 0.25) is 0 Å². The van der Waals surface area contributed by atoms with Crippen LogP contribution in [0.1, 0.15) is 23.2 Å². The first kappa shape index (κ1) is 14.2. The van der Waals surface area contributed by atoms with Crippen molar-refractivity contribution in [3.8, 4) is 0 Å². The Morgan fingerprint density at radius 2 is 1.67 bits per heavy atom. The summed E-state index contributed by atoms with van der Waals surface area (Å²) in [4.78, 5) is 22.0. The summed E-state index contributed by atoms with van der Waals surface area (Å²) < 4.78 is 37.6. The first-order valence-corrected chi connectivity index (χ1v) is 5.17. The van der Waals surface area contributed by atoms with Crippen LogP contribution in [0.4, 0.5) is 13.2 Å². The molecular formula is C12H11F3O3. The van der Waals surface area contributed by atoms with Crippen LogP contribution >= 0.6 is 0 Å². The van der Waals surface area contributed by atoms with Crippen LogP contribution in [0.15, 0.2) is 30.3 Å². The highest BCUT2D eigenvalue weighted by molar-refractivity contribution is 5.96. The maximum atomic E-state index is 12.5. The molecule has 0 aliphatic rings. The normalized spacial score (nSPS) is 13.1. The number of carboxylic acids is 1. The van der Waals surface area contributed by atoms with Crippen molar-refractivity contribution in [1.82, 2.24) is 0 Å². The van der Waals surface area contributed by atoms with E-state index in [9.17, 15) is 22.8 Å². The third-order valence-electron chi connectivity index (χ3n) is 2.41. The molecule has 6 heteroatoms. The molecule has 0 fully saturated rings. The van der Waals surface area contributed by atoms with Gasteiger partial charge >= 0.3 is 12.1 Å². The minimum atomic E-state index is -4.69. The number of Topliss-reactive ketones (excluding diaryl/α,β-unsaturated/α-hetero) is 1. The van der Waals surface area contributed by atoms with Crippen molar-refractivity contribution in [3.05, 3.63) is 35.9 Å². The largest absolute Gasteiger partial charge is 0.481 e. The summed E-state index contributed by atoms with van der Waals surface area (Å²) in [5.41, 5.74) is 0.150. The van der Waals surface area contributed by atoms with E-state index in [1.807, 2.05) is 0 Å². The van der Waals surface area contributed by atoms with Gasteiger partial charge in [-0.2, -0.15) is 13.2 Å². The number of ketones is 1. The number of benzene rings is 1.